The normalized spacial score (nSPS) is 14.0. The number of anilines is 1. The van der Waals surface area contributed by atoms with Crippen molar-refractivity contribution < 1.29 is 4.79 Å². The van der Waals surface area contributed by atoms with E-state index in [2.05, 4.69) is 10.00 Å². The van der Waals surface area contributed by atoms with Crippen molar-refractivity contribution in [2.45, 2.75) is 13.0 Å². The maximum Gasteiger partial charge on any atom is 0.266 e. The molecule has 7 heteroatoms. The Bertz CT molecular complexity index is 1080. The highest BCUT2D eigenvalue weighted by Crippen LogP contribution is 2.21. The fourth-order valence-electron chi connectivity index (χ4n) is 3.62. The molecule has 0 bridgehead atoms. The highest BCUT2D eigenvalue weighted by molar-refractivity contribution is 6.30. The Morgan fingerprint density at radius 3 is 2.43 bits per heavy atom. The van der Waals surface area contributed by atoms with Gasteiger partial charge in [-0.05, 0) is 24.3 Å². The topological polar surface area (TPSA) is 58.4 Å². The van der Waals surface area contributed by atoms with E-state index in [1.54, 1.807) is 6.07 Å². The number of benzene rings is 2. The first-order chi connectivity index (χ1) is 14.6. The van der Waals surface area contributed by atoms with E-state index in [4.69, 9.17) is 11.6 Å². The van der Waals surface area contributed by atoms with E-state index < -0.39 is 0 Å². The number of aryl methyl sites for hydroxylation is 1. The molecule has 0 saturated carbocycles. The van der Waals surface area contributed by atoms with Crippen molar-refractivity contribution >= 4 is 23.2 Å². The Hall–Kier alpha value is -3.12. The molecular formula is C23H23ClN4O2. The van der Waals surface area contributed by atoms with Crippen molar-refractivity contribution in [1.29, 1.82) is 0 Å². The largest absolute Gasteiger partial charge is 0.368 e. The van der Waals surface area contributed by atoms with Gasteiger partial charge >= 0.3 is 0 Å². The van der Waals surface area contributed by atoms with Crippen molar-refractivity contribution in [1.82, 2.24) is 14.7 Å². The number of aromatic nitrogens is 2. The van der Waals surface area contributed by atoms with Crippen LogP contribution in [0.3, 0.4) is 0 Å². The maximum atomic E-state index is 12.7. The van der Waals surface area contributed by atoms with Crippen LogP contribution in [-0.2, 0) is 11.3 Å². The fourth-order valence-corrected chi connectivity index (χ4v) is 3.80. The second-order valence-corrected chi connectivity index (χ2v) is 7.68. The molecular weight excluding hydrogens is 400 g/mol. The summed E-state index contributed by atoms with van der Waals surface area (Å²) in [6, 6.07) is 20.7. The number of piperazine rings is 1. The van der Waals surface area contributed by atoms with Crippen LogP contribution in [0.25, 0.3) is 11.3 Å². The quantitative estimate of drug-likeness (QED) is 0.633. The SMILES string of the molecule is O=C(CCn1nc(-c2ccccc2)ccc1=O)N1CCN(c2cccc(Cl)c2)CC1. The fraction of sp³-hybridized carbons (Fsp3) is 0.261. The highest BCUT2D eigenvalue weighted by Gasteiger charge is 2.21. The summed E-state index contributed by atoms with van der Waals surface area (Å²) in [7, 11) is 0. The van der Waals surface area contributed by atoms with Gasteiger partial charge in [-0.25, -0.2) is 4.68 Å². The van der Waals surface area contributed by atoms with Crippen LogP contribution in [0.4, 0.5) is 5.69 Å². The molecule has 2 heterocycles. The van der Waals surface area contributed by atoms with Crippen LogP contribution in [0.2, 0.25) is 5.02 Å². The number of hydrogen-bond acceptors (Lipinski definition) is 4. The van der Waals surface area contributed by atoms with Gasteiger partial charge in [0.15, 0.2) is 0 Å². The first-order valence-corrected chi connectivity index (χ1v) is 10.4. The van der Waals surface area contributed by atoms with Crippen molar-refractivity contribution in [2.75, 3.05) is 31.1 Å². The molecule has 0 spiro atoms. The minimum absolute atomic E-state index is 0.0413. The van der Waals surface area contributed by atoms with Crippen molar-refractivity contribution in [3.8, 4) is 11.3 Å². The van der Waals surface area contributed by atoms with E-state index in [9.17, 15) is 9.59 Å². The molecule has 154 valence electrons. The third kappa shape index (κ3) is 4.71. The van der Waals surface area contributed by atoms with Crippen LogP contribution in [0.15, 0.2) is 71.5 Å². The van der Waals surface area contributed by atoms with Gasteiger partial charge in [0.2, 0.25) is 5.91 Å². The summed E-state index contributed by atoms with van der Waals surface area (Å²) in [6.07, 6.45) is 0.252. The number of nitrogens with zero attached hydrogens (tertiary/aromatic N) is 4. The molecule has 0 N–H and O–H groups in total. The van der Waals surface area contributed by atoms with E-state index >= 15 is 0 Å². The Balaban J connectivity index is 1.35. The van der Waals surface area contributed by atoms with Gasteiger partial charge < -0.3 is 9.80 Å². The third-order valence-electron chi connectivity index (χ3n) is 5.28. The molecule has 0 radical (unpaired) electrons. The van der Waals surface area contributed by atoms with Gasteiger partial charge in [-0.3, -0.25) is 9.59 Å². The van der Waals surface area contributed by atoms with Crippen molar-refractivity contribution in [3.05, 3.63) is 82.1 Å². The number of carbonyl (C=O) groups is 1. The number of rotatable bonds is 5. The molecule has 1 aromatic heterocycles. The summed E-state index contributed by atoms with van der Waals surface area (Å²) in [4.78, 5) is 28.9. The first-order valence-electron chi connectivity index (χ1n) is 10.0. The lowest BCUT2D eigenvalue weighted by Gasteiger charge is -2.36. The van der Waals surface area contributed by atoms with E-state index in [1.807, 2.05) is 59.5 Å². The summed E-state index contributed by atoms with van der Waals surface area (Å²) < 4.78 is 1.38. The standard InChI is InChI=1S/C23H23ClN4O2/c24-19-7-4-8-20(17-19)26-13-15-27(16-14-26)22(29)11-12-28-23(30)10-9-21(25-28)18-5-2-1-3-6-18/h1-10,17H,11-16H2. The maximum absolute atomic E-state index is 12.7. The predicted octanol–water partition coefficient (Wildman–Crippen LogP) is 3.30. The second kappa shape index (κ2) is 9.13. The summed E-state index contributed by atoms with van der Waals surface area (Å²) in [5, 5.41) is 5.14. The average molecular weight is 423 g/mol. The molecule has 1 aliphatic heterocycles. The summed E-state index contributed by atoms with van der Waals surface area (Å²) in [5.74, 6) is 0.0413. The van der Waals surface area contributed by atoms with Gasteiger partial charge in [0, 0.05) is 54.9 Å². The first kappa shape index (κ1) is 20.2. The van der Waals surface area contributed by atoms with Crippen LogP contribution in [0.1, 0.15) is 6.42 Å². The molecule has 30 heavy (non-hydrogen) atoms. The summed E-state index contributed by atoms with van der Waals surface area (Å²) in [5.41, 5.74) is 2.53. The zero-order valence-electron chi connectivity index (χ0n) is 16.6. The minimum atomic E-state index is -0.201. The predicted molar refractivity (Wildman–Crippen MR) is 119 cm³/mol. The van der Waals surface area contributed by atoms with E-state index in [-0.39, 0.29) is 24.4 Å². The molecule has 2 aromatic carbocycles. The van der Waals surface area contributed by atoms with Gasteiger partial charge in [0.05, 0.1) is 12.2 Å². The van der Waals surface area contributed by atoms with Gasteiger partial charge in [-0.2, -0.15) is 5.10 Å². The molecule has 0 atom stereocenters. The summed E-state index contributed by atoms with van der Waals surface area (Å²) >= 11 is 6.08. The lowest BCUT2D eigenvalue weighted by atomic mass is 10.1. The number of carbonyl (C=O) groups excluding carboxylic acids is 1. The number of amides is 1. The number of halogens is 1. The molecule has 1 saturated heterocycles. The smallest absolute Gasteiger partial charge is 0.266 e. The van der Waals surface area contributed by atoms with Crippen LogP contribution in [-0.4, -0.2) is 46.8 Å². The molecule has 4 rings (SSSR count). The molecule has 1 amide bonds. The van der Waals surface area contributed by atoms with Crippen molar-refractivity contribution in [3.63, 3.8) is 0 Å². The Morgan fingerprint density at radius 2 is 1.70 bits per heavy atom. The highest BCUT2D eigenvalue weighted by atomic mass is 35.5. The molecule has 3 aromatic rings. The van der Waals surface area contributed by atoms with E-state index in [1.165, 1.54) is 10.7 Å². The molecule has 0 aliphatic carbocycles. The Kier molecular flexibility index (Phi) is 6.14. The van der Waals surface area contributed by atoms with Gasteiger partial charge in [0.1, 0.15) is 0 Å². The van der Waals surface area contributed by atoms with E-state index in [0.29, 0.717) is 18.1 Å². The van der Waals surface area contributed by atoms with Crippen LogP contribution in [0.5, 0.6) is 0 Å². The zero-order valence-corrected chi connectivity index (χ0v) is 17.3. The van der Waals surface area contributed by atoms with Gasteiger partial charge in [0.25, 0.3) is 5.56 Å². The summed E-state index contributed by atoms with van der Waals surface area (Å²) in [6.45, 7) is 3.09. The monoisotopic (exact) mass is 422 g/mol. The molecule has 1 fully saturated rings. The molecule has 6 nitrogen and oxygen atoms in total. The number of hydrogen-bond donors (Lipinski definition) is 0. The van der Waals surface area contributed by atoms with Crippen LogP contribution >= 0.6 is 11.6 Å². The second-order valence-electron chi connectivity index (χ2n) is 7.24. The van der Waals surface area contributed by atoms with Crippen LogP contribution < -0.4 is 10.5 Å². The van der Waals surface area contributed by atoms with E-state index in [0.717, 1.165) is 30.0 Å². The molecule has 1 aliphatic rings. The third-order valence-corrected chi connectivity index (χ3v) is 5.51. The molecule has 0 unspecified atom stereocenters. The zero-order chi connectivity index (χ0) is 20.9. The minimum Gasteiger partial charge on any atom is -0.368 e. The Morgan fingerprint density at radius 1 is 0.933 bits per heavy atom. The van der Waals surface area contributed by atoms with Gasteiger partial charge in [-0.1, -0.05) is 48.0 Å². The Labute approximate surface area is 180 Å². The van der Waals surface area contributed by atoms with Gasteiger partial charge in [-0.15, -0.1) is 0 Å². The van der Waals surface area contributed by atoms with Crippen molar-refractivity contribution in [2.24, 2.45) is 0 Å². The van der Waals surface area contributed by atoms with Crippen LogP contribution in [0, 0.1) is 0 Å². The lowest BCUT2D eigenvalue weighted by molar-refractivity contribution is -0.131. The lowest BCUT2D eigenvalue weighted by Crippen LogP contribution is -2.49. The average Bonchev–Trinajstić information content (AvgIpc) is 2.79.